The van der Waals surface area contributed by atoms with Crippen molar-refractivity contribution < 1.29 is 17.9 Å². The summed E-state index contributed by atoms with van der Waals surface area (Å²) in [4.78, 5) is 26.5. The van der Waals surface area contributed by atoms with Crippen molar-refractivity contribution in [1.29, 1.82) is 0 Å². The lowest BCUT2D eigenvalue weighted by Crippen LogP contribution is -2.48. The molecule has 184 valence electrons. The minimum Gasteiger partial charge on any atom is -0.475 e. The average Bonchev–Trinajstić information content (AvgIpc) is 3.13. The molecule has 0 bridgehead atoms. The standard InChI is InChI=1S/C21H29N7O5S/c1-5-27-6-8-28(9-7-27)34(30,31)15-12-16(21(22-13-15)33-11-10-32-4)19-23-17-14(2)26(3)25-18(17)20(29)24-19/h12-13H,5-11H2,1-4H3,(H,23,24,29). The van der Waals surface area contributed by atoms with Crippen LogP contribution in [0.4, 0.5) is 0 Å². The van der Waals surface area contributed by atoms with Gasteiger partial charge in [-0.3, -0.25) is 9.48 Å². The molecule has 1 fully saturated rings. The van der Waals surface area contributed by atoms with Crippen molar-refractivity contribution in [3.8, 4) is 17.3 Å². The largest absolute Gasteiger partial charge is 0.475 e. The minimum absolute atomic E-state index is 0.0113. The molecule has 34 heavy (non-hydrogen) atoms. The van der Waals surface area contributed by atoms with E-state index in [4.69, 9.17) is 9.47 Å². The van der Waals surface area contributed by atoms with Crippen LogP contribution in [0.5, 0.6) is 5.88 Å². The second-order valence-corrected chi connectivity index (χ2v) is 9.96. The third-order valence-electron chi connectivity index (χ3n) is 6.00. The van der Waals surface area contributed by atoms with E-state index in [-0.39, 0.29) is 34.3 Å². The predicted molar refractivity (Wildman–Crippen MR) is 125 cm³/mol. The van der Waals surface area contributed by atoms with Crippen LogP contribution in [-0.2, 0) is 21.8 Å². The van der Waals surface area contributed by atoms with Crippen LogP contribution in [0.3, 0.4) is 0 Å². The van der Waals surface area contributed by atoms with Gasteiger partial charge in [0, 0.05) is 40.3 Å². The number of aromatic nitrogens is 5. The van der Waals surface area contributed by atoms with Crippen LogP contribution in [0.1, 0.15) is 12.6 Å². The Kier molecular flexibility index (Phi) is 6.98. The van der Waals surface area contributed by atoms with E-state index in [0.717, 1.165) is 6.54 Å². The molecule has 4 heterocycles. The van der Waals surface area contributed by atoms with E-state index in [0.29, 0.717) is 44.0 Å². The molecule has 0 saturated carbocycles. The van der Waals surface area contributed by atoms with Gasteiger partial charge in [0.25, 0.3) is 5.56 Å². The molecular weight excluding hydrogens is 462 g/mol. The Bertz CT molecular complexity index is 1340. The van der Waals surface area contributed by atoms with Crippen molar-refractivity contribution >= 4 is 21.1 Å². The molecule has 0 spiro atoms. The topological polar surface area (TPSA) is 136 Å². The van der Waals surface area contributed by atoms with E-state index in [2.05, 4.69) is 31.9 Å². The zero-order valence-corrected chi connectivity index (χ0v) is 20.6. The molecule has 1 aliphatic heterocycles. The van der Waals surface area contributed by atoms with Crippen LogP contribution in [0.25, 0.3) is 22.4 Å². The summed E-state index contributed by atoms with van der Waals surface area (Å²) in [6, 6.07) is 1.45. The number of H-pyrrole nitrogens is 1. The Labute approximate surface area is 197 Å². The Morgan fingerprint density at radius 1 is 1.15 bits per heavy atom. The van der Waals surface area contributed by atoms with Crippen LogP contribution in [0, 0.1) is 6.92 Å². The highest BCUT2D eigenvalue weighted by Crippen LogP contribution is 2.30. The van der Waals surface area contributed by atoms with E-state index < -0.39 is 15.6 Å². The number of rotatable bonds is 8. The summed E-state index contributed by atoms with van der Waals surface area (Å²) in [6.45, 7) is 7.37. The third kappa shape index (κ3) is 4.56. The quantitative estimate of drug-likeness (QED) is 0.444. The second kappa shape index (κ2) is 9.78. The summed E-state index contributed by atoms with van der Waals surface area (Å²) < 4.78 is 40.5. The summed E-state index contributed by atoms with van der Waals surface area (Å²) in [7, 11) is -0.525. The number of fused-ring (bicyclic) bond motifs is 1. The molecule has 0 unspecified atom stereocenters. The number of hydrogen-bond donors (Lipinski definition) is 1. The smallest absolute Gasteiger partial charge is 0.279 e. The Balaban J connectivity index is 1.79. The highest BCUT2D eigenvalue weighted by molar-refractivity contribution is 7.89. The molecular formula is C21H29N7O5S. The molecule has 0 aliphatic carbocycles. The summed E-state index contributed by atoms with van der Waals surface area (Å²) in [5.74, 6) is 0.303. The van der Waals surface area contributed by atoms with Gasteiger partial charge in [0.1, 0.15) is 22.8 Å². The fraction of sp³-hybridized carbons (Fsp3) is 0.524. The molecule has 1 saturated heterocycles. The first-order valence-corrected chi connectivity index (χ1v) is 12.5. The van der Waals surface area contributed by atoms with Gasteiger partial charge >= 0.3 is 0 Å². The Hall–Kier alpha value is -2.87. The number of nitrogens with zero attached hydrogens (tertiary/aromatic N) is 6. The first kappa shape index (κ1) is 24.3. The normalized spacial score (nSPS) is 15.8. The number of nitrogens with one attached hydrogen (secondary N) is 1. The molecule has 0 radical (unpaired) electrons. The van der Waals surface area contributed by atoms with Gasteiger partial charge in [-0.1, -0.05) is 6.92 Å². The maximum Gasteiger partial charge on any atom is 0.279 e. The van der Waals surface area contributed by atoms with Crippen molar-refractivity contribution in [1.82, 2.24) is 33.9 Å². The van der Waals surface area contributed by atoms with E-state index in [1.807, 2.05) is 0 Å². The van der Waals surface area contributed by atoms with Gasteiger partial charge in [0.2, 0.25) is 15.9 Å². The fourth-order valence-electron chi connectivity index (χ4n) is 3.83. The SMILES string of the molecule is CCN1CCN(S(=O)(=O)c2cnc(OCCOC)c(-c3nc4c(C)n(C)nc4c(=O)[nH]3)c2)CC1. The molecule has 3 aromatic heterocycles. The van der Waals surface area contributed by atoms with Gasteiger partial charge in [-0.05, 0) is 19.5 Å². The monoisotopic (exact) mass is 491 g/mol. The lowest BCUT2D eigenvalue weighted by atomic mass is 10.2. The fourth-order valence-corrected chi connectivity index (χ4v) is 5.23. The molecule has 13 heteroatoms. The van der Waals surface area contributed by atoms with Gasteiger partial charge in [0.05, 0.1) is 24.1 Å². The van der Waals surface area contributed by atoms with E-state index in [9.17, 15) is 13.2 Å². The third-order valence-corrected chi connectivity index (χ3v) is 7.86. The van der Waals surface area contributed by atoms with Crippen molar-refractivity contribution in [3.05, 3.63) is 28.3 Å². The van der Waals surface area contributed by atoms with Crippen LogP contribution < -0.4 is 10.3 Å². The van der Waals surface area contributed by atoms with Crippen molar-refractivity contribution in [3.63, 3.8) is 0 Å². The molecule has 1 N–H and O–H groups in total. The predicted octanol–water partition coefficient (Wildman–Crippen LogP) is 0.378. The maximum absolute atomic E-state index is 13.4. The summed E-state index contributed by atoms with van der Waals surface area (Å²) in [5, 5.41) is 4.20. The zero-order valence-electron chi connectivity index (χ0n) is 19.7. The van der Waals surface area contributed by atoms with Gasteiger partial charge in [-0.2, -0.15) is 9.40 Å². The lowest BCUT2D eigenvalue weighted by Gasteiger charge is -2.33. The first-order chi connectivity index (χ1) is 16.3. The number of sulfonamides is 1. The first-order valence-electron chi connectivity index (χ1n) is 11.0. The average molecular weight is 492 g/mol. The summed E-state index contributed by atoms with van der Waals surface area (Å²) in [5.41, 5.74) is 1.17. The van der Waals surface area contributed by atoms with E-state index >= 15 is 0 Å². The van der Waals surface area contributed by atoms with Crippen LogP contribution in [0.15, 0.2) is 22.0 Å². The number of aromatic amines is 1. The minimum atomic E-state index is -3.80. The number of likely N-dealkylation sites (N-methyl/N-ethyl adjacent to an activating group) is 1. The number of methoxy groups -OCH3 is 1. The van der Waals surface area contributed by atoms with E-state index in [1.165, 1.54) is 16.6 Å². The summed E-state index contributed by atoms with van der Waals surface area (Å²) in [6.07, 6.45) is 1.28. The Morgan fingerprint density at radius 2 is 1.88 bits per heavy atom. The van der Waals surface area contributed by atoms with Crippen LogP contribution in [-0.4, -0.2) is 95.4 Å². The zero-order chi connectivity index (χ0) is 24.5. The van der Waals surface area contributed by atoms with Gasteiger partial charge in [-0.15, -0.1) is 0 Å². The Morgan fingerprint density at radius 3 is 2.56 bits per heavy atom. The van der Waals surface area contributed by atoms with Gasteiger partial charge < -0.3 is 19.4 Å². The van der Waals surface area contributed by atoms with Crippen molar-refractivity contribution in [2.45, 2.75) is 18.7 Å². The number of pyridine rings is 1. The molecule has 12 nitrogen and oxygen atoms in total. The molecule has 0 amide bonds. The van der Waals surface area contributed by atoms with Crippen molar-refractivity contribution in [2.24, 2.45) is 7.05 Å². The number of aryl methyl sites for hydroxylation is 2. The molecule has 1 aliphatic rings. The van der Waals surface area contributed by atoms with Crippen molar-refractivity contribution in [2.75, 3.05) is 53.0 Å². The molecule has 4 rings (SSSR count). The van der Waals surface area contributed by atoms with Gasteiger partial charge in [-0.25, -0.2) is 18.4 Å². The van der Waals surface area contributed by atoms with E-state index in [1.54, 1.807) is 25.8 Å². The number of hydrogen-bond acceptors (Lipinski definition) is 9. The molecule has 0 aromatic carbocycles. The maximum atomic E-state index is 13.4. The number of piperazine rings is 1. The number of ether oxygens (including phenoxy) is 2. The molecule has 0 atom stereocenters. The lowest BCUT2D eigenvalue weighted by molar-refractivity contribution is 0.144. The molecule has 3 aromatic rings. The van der Waals surface area contributed by atoms with Crippen LogP contribution >= 0.6 is 0 Å². The highest BCUT2D eigenvalue weighted by atomic mass is 32.2. The van der Waals surface area contributed by atoms with Crippen LogP contribution in [0.2, 0.25) is 0 Å². The van der Waals surface area contributed by atoms with Gasteiger partial charge in [0.15, 0.2) is 5.52 Å². The summed E-state index contributed by atoms with van der Waals surface area (Å²) >= 11 is 0. The second-order valence-electron chi connectivity index (χ2n) is 8.02. The highest BCUT2D eigenvalue weighted by Gasteiger charge is 2.30.